The first-order chi connectivity index (χ1) is 21.6. The van der Waals surface area contributed by atoms with E-state index < -0.39 is 0 Å². The van der Waals surface area contributed by atoms with Crippen molar-refractivity contribution in [1.29, 1.82) is 0 Å². The van der Waals surface area contributed by atoms with Gasteiger partial charge >= 0.3 is 7.12 Å². The lowest BCUT2D eigenvalue weighted by atomic mass is 9.49. The molecule has 3 nitrogen and oxygen atoms in total. The summed E-state index contributed by atoms with van der Waals surface area (Å²) in [6.45, 7) is 13.5. The molecule has 9 rings (SSSR count). The molecule has 1 spiro atoms. The van der Waals surface area contributed by atoms with Crippen LogP contribution in [-0.4, -0.2) is 22.9 Å². The second kappa shape index (κ2) is 9.36. The first kappa shape index (κ1) is 27.9. The molecule has 2 heterocycles. The van der Waals surface area contributed by atoms with Crippen molar-refractivity contribution in [3.05, 3.63) is 96.1 Å². The highest BCUT2D eigenvalue weighted by Gasteiger charge is 2.56. The summed E-state index contributed by atoms with van der Waals surface area (Å²) < 4.78 is 15.4. The van der Waals surface area contributed by atoms with E-state index in [4.69, 9.17) is 9.31 Å². The van der Waals surface area contributed by atoms with Crippen LogP contribution in [0.2, 0.25) is 0 Å². The van der Waals surface area contributed by atoms with Crippen molar-refractivity contribution in [2.45, 2.75) is 83.8 Å². The van der Waals surface area contributed by atoms with Crippen LogP contribution in [0.3, 0.4) is 0 Å². The number of hydrogen-bond acceptors (Lipinski definition) is 2. The zero-order chi connectivity index (χ0) is 30.9. The van der Waals surface area contributed by atoms with E-state index in [-0.39, 0.29) is 23.7 Å². The van der Waals surface area contributed by atoms with Crippen LogP contribution in [0.4, 0.5) is 0 Å². The van der Waals surface area contributed by atoms with E-state index in [0.29, 0.717) is 11.8 Å². The Balaban J connectivity index is 1.24. The van der Waals surface area contributed by atoms with Gasteiger partial charge in [0.05, 0.1) is 22.2 Å². The van der Waals surface area contributed by atoms with Gasteiger partial charge in [0, 0.05) is 21.9 Å². The maximum atomic E-state index is 6.47. The van der Waals surface area contributed by atoms with Crippen LogP contribution in [-0.2, 0) is 14.7 Å². The molecular formula is C41H44BNO2. The molecule has 5 aromatic rings. The topological polar surface area (TPSA) is 23.4 Å². The van der Waals surface area contributed by atoms with Crippen molar-refractivity contribution in [3.63, 3.8) is 0 Å². The predicted octanol–water partition coefficient (Wildman–Crippen LogP) is 9.44. The molecule has 0 N–H and O–H groups in total. The summed E-state index contributed by atoms with van der Waals surface area (Å²) in [4.78, 5) is 0. The largest absolute Gasteiger partial charge is 0.494 e. The van der Waals surface area contributed by atoms with Gasteiger partial charge in [-0.3, -0.25) is 0 Å². The van der Waals surface area contributed by atoms with Crippen molar-refractivity contribution in [1.82, 2.24) is 4.57 Å². The quantitative estimate of drug-likeness (QED) is 0.190. The molecule has 5 atom stereocenters. The van der Waals surface area contributed by atoms with Gasteiger partial charge in [-0.2, -0.15) is 0 Å². The number of fused-ring (bicyclic) bond motifs is 11. The lowest BCUT2D eigenvalue weighted by molar-refractivity contribution is 0.00578. The van der Waals surface area contributed by atoms with Crippen LogP contribution in [0.15, 0.2) is 84.9 Å². The molecule has 1 aromatic heterocycles. The lowest BCUT2D eigenvalue weighted by Gasteiger charge is -2.54. The average Bonchev–Trinajstić information content (AvgIpc) is 3.57. The molecule has 0 amide bonds. The summed E-state index contributed by atoms with van der Waals surface area (Å²) in [7, 11) is -0.380. The predicted molar refractivity (Wildman–Crippen MR) is 186 cm³/mol. The summed E-state index contributed by atoms with van der Waals surface area (Å²) in [6.07, 6.45) is 5.43. The van der Waals surface area contributed by atoms with Crippen LogP contribution in [0.25, 0.3) is 38.6 Å². The fourth-order valence-corrected chi connectivity index (χ4v) is 10.2. The zero-order valence-corrected chi connectivity index (χ0v) is 27.6. The molecule has 4 heteroatoms. The number of benzene rings is 4. The maximum Gasteiger partial charge on any atom is 0.494 e. The highest BCUT2D eigenvalue weighted by molar-refractivity contribution is 6.62. The minimum Gasteiger partial charge on any atom is -0.399 e. The number of nitrogens with zero attached hydrogens (tertiary/aromatic N) is 1. The Morgan fingerprint density at radius 2 is 1.38 bits per heavy atom. The van der Waals surface area contributed by atoms with Gasteiger partial charge in [0.1, 0.15) is 0 Å². The summed E-state index contributed by atoms with van der Waals surface area (Å²) in [5, 5.41) is 2.51. The van der Waals surface area contributed by atoms with Gasteiger partial charge in [-0.1, -0.05) is 74.5 Å². The molecular weight excluding hydrogens is 549 g/mol. The first-order valence-corrected chi connectivity index (χ1v) is 17.2. The van der Waals surface area contributed by atoms with E-state index in [1.165, 1.54) is 64.3 Å². The van der Waals surface area contributed by atoms with E-state index in [9.17, 15) is 0 Å². The van der Waals surface area contributed by atoms with E-state index in [1.807, 2.05) is 0 Å². The highest BCUT2D eigenvalue weighted by atomic mass is 16.7. The molecule has 1 aliphatic heterocycles. The van der Waals surface area contributed by atoms with Crippen LogP contribution in [0, 0.1) is 23.7 Å². The molecule has 0 radical (unpaired) electrons. The summed E-state index contributed by atoms with van der Waals surface area (Å²) >= 11 is 0. The Kier molecular flexibility index (Phi) is 5.81. The van der Waals surface area contributed by atoms with Gasteiger partial charge in [-0.25, -0.2) is 0 Å². The highest BCUT2D eigenvalue weighted by Crippen LogP contribution is 2.64. The Bertz CT molecular complexity index is 1980. The molecule has 228 valence electrons. The van der Waals surface area contributed by atoms with Crippen molar-refractivity contribution < 1.29 is 9.31 Å². The monoisotopic (exact) mass is 593 g/mol. The Hall–Kier alpha value is -3.34. The van der Waals surface area contributed by atoms with E-state index in [0.717, 1.165) is 17.3 Å². The lowest BCUT2D eigenvalue weighted by Crippen LogP contribution is -2.49. The Morgan fingerprint density at radius 3 is 2.20 bits per heavy atom. The second-order valence-electron chi connectivity index (χ2n) is 15.9. The molecule has 3 fully saturated rings. The zero-order valence-electron chi connectivity index (χ0n) is 27.6. The molecule has 5 unspecified atom stereocenters. The Labute approximate surface area is 268 Å². The van der Waals surface area contributed by atoms with Gasteiger partial charge < -0.3 is 13.9 Å². The maximum absolute atomic E-state index is 6.47. The Morgan fingerprint density at radius 1 is 0.667 bits per heavy atom. The minimum absolute atomic E-state index is 0.0792. The van der Waals surface area contributed by atoms with Crippen molar-refractivity contribution in [2.24, 2.45) is 23.7 Å². The van der Waals surface area contributed by atoms with Crippen LogP contribution in [0.1, 0.15) is 78.4 Å². The molecule has 3 aliphatic carbocycles. The SMILES string of the molecule is CC1CC2CC(C)C3(c4ccccc4-c4ccc(-n5c6ccccc6c6cc(B7OC(C)(C)C(C)(C)O7)ccc65)cc43)C(C1)C2. The third-order valence-electron chi connectivity index (χ3n) is 12.7. The van der Waals surface area contributed by atoms with Gasteiger partial charge in [0.2, 0.25) is 0 Å². The molecule has 2 bridgehead atoms. The fourth-order valence-electron chi connectivity index (χ4n) is 10.2. The van der Waals surface area contributed by atoms with E-state index in [1.54, 1.807) is 11.1 Å². The van der Waals surface area contributed by atoms with Gasteiger partial charge in [-0.15, -0.1) is 0 Å². The van der Waals surface area contributed by atoms with E-state index in [2.05, 4.69) is 131 Å². The van der Waals surface area contributed by atoms with Crippen LogP contribution >= 0.6 is 0 Å². The third-order valence-corrected chi connectivity index (χ3v) is 12.7. The number of para-hydroxylation sites is 1. The standard InChI is InChI=1S/C41H44BNO2/c1-25-19-27-21-26(2)41(28(20-25)22-27)35-13-9-7-11-31(35)32-17-16-30(24-36(32)41)43-37-14-10-8-12-33(37)34-23-29(15-18-38(34)43)42-44-39(3,4)40(5,6)45-42/h7-18,23-28H,19-22H2,1-6H3. The summed E-state index contributed by atoms with van der Waals surface area (Å²) in [5.41, 5.74) is 10.2. The third kappa shape index (κ3) is 3.73. The number of rotatable bonds is 2. The number of aromatic nitrogens is 1. The summed E-state index contributed by atoms with van der Waals surface area (Å²) in [6, 6.07) is 32.4. The van der Waals surface area contributed by atoms with Gasteiger partial charge in [0.25, 0.3) is 0 Å². The fraction of sp³-hybridized carbons (Fsp3) is 0.415. The molecule has 45 heavy (non-hydrogen) atoms. The molecule has 2 saturated carbocycles. The average molecular weight is 594 g/mol. The van der Waals surface area contributed by atoms with Crippen LogP contribution < -0.4 is 5.46 Å². The van der Waals surface area contributed by atoms with Gasteiger partial charge in [-0.05, 0) is 129 Å². The second-order valence-corrected chi connectivity index (χ2v) is 15.9. The van der Waals surface area contributed by atoms with E-state index >= 15 is 0 Å². The molecule has 4 aromatic carbocycles. The minimum atomic E-state index is -0.380. The van der Waals surface area contributed by atoms with Crippen molar-refractivity contribution in [3.8, 4) is 16.8 Å². The molecule has 4 aliphatic rings. The summed E-state index contributed by atoms with van der Waals surface area (Å²) in [5.74, 6) is 2.97. The van der Waals surface area contributed by atoms with Crippen molar-refractivity contribution in [2.75, 3.05) is 0 Å². The van der Waals surface area contributed by atoms with Crippen LogP contribution in [0.5, 0.6) is 0 Å². The smallest absolute Gasteiger partial charge is 0.399 e. The molecule has 1 saturated heterocycles. The van der Waals surface area contributed by atoms with Crippen molar-refractivity contribution >= 4 is 34.4 Å². The first-order valence-electron chi connectivity index (χ1n) is 17.2. The normalized spacial score (nSPS) is 29.4. The van der Waals surface area contributed by atoms with Gasteiger partial charge in [0.15, 0.2) is 0 Å². The number of hydrogen-bond donors (Lipinski definition) is 0.